The Labute approximate surface area is 174 Å². The minimum Gasteiger partial charge on any atom is -0.375 e. The number of hydrogen-bond acceptors (Lipinski definition) is 4. The van der Waals surface area contributed by atoms with Crippen molar-refractivity contribution in [1.29, 1.82) is 0 Å². The minimum atomic E-state index is -3.22. The third kappa shape index (κ3) is 5.66. The highest BCUT2D eigenvalue weighted by atomic mass is 32.2. The second kappa shape index (κ2) is 9.39. The summed E-state index contributed by atoms with van der Waals surface area (Å²) in [7, 11) is -3.22. The first-order valence-electron chi connectivity index (χ1n) is 10.5. The number of rotatable bonds is 7. The van der Waals surface area contributed by atoms with E-state index in [9.17, 15) is 8.42 Å². The lowest BCUT2D eigenvalue weighted by atomic mass is 9.89. The zero-order chi connectivity index (χ0) is 20.1. The summed E-state index contributed by atoms with van der Waals surface area (Å²) in [5, 5.41) is 0. The summed E-state index contributed by atoms with van der Waals surface area (Å²) in [4.78, 5) is 2.36. The number of hydrogen-bond donors (Lipinski definition) is 1. The summed E-state index contributed by atoms with van der Waals surface area (Å²) >= 11 is 0. The number of ether oxygens (including phenoxy) is 1. The van der Waals surface area contributed by atoms with Gasteiger partial charge in [0.05, 0.1) is 25.0 Å². The standard InChI is InChI=1S/C23H30N2O3S/c26-29(27)18-23(22(24-29)17-28-16-21-9-5-2-6-10-21)25-13-11-20(12-14-25)15-19-7-3-1-4-8-19/h1-10,20,22-24H,11-18H2/t22-,23+/m0/s1. The summed E-state index contributed by atoms with van der Waals surface area (Å²) in [6.45, 7) is 2.82. The molecule has 0 aliphatic carbocycles. The average Bonchev–Trinajstić information content (AvgIpc) is 3.04. The number of piperidine rings is 1. The third-order valence-corrected chi connectivity index (χ3v) is 7.52. The molecule has 0 bridgehead atoms. The van der Waals surface area contributed by atoms with E-state index >= 15 is 0 Å². The van der Waals surface area contributed by atoms with Gasteiger partial charge in [-0.1, -0.05) is 60.7 Å². The SMILES string of the molecule is O=S1(=O)C[C@@H](N2CCC(Cc3ccccc3)CC2)[C@H](COCc2ccccc2)N1. The van der Waals surface area contributed by atoms with Gasteiger partial charge in [-0.3, -0.25) is 4.90 Å². The minimum absolute atomic E-state index is 0.00607. The highest BCUT2D eigenvalue weighted by Crippen LogP contribution is 2.26. The summed E-state index contributed by atoms with van der Waals surface area (Å²) in [5.74, 6) is 0.850. The van der Waals surface area contributed by atoms with Gasteiger partial charge >= 0.3 is 0 Å². The van der Waals surface area contributed by atoms with E-state index in [1.807, 2.05) is 30.3 Å². The van der Waals surface area contributed by atoms with Crippen LogP contribution in [0.3, 0.4) is 0 Å². The van der Waals surface area contributed by atoms with Crippen molar-refractivity contribution in [2.75, 3.05) is 25.4 Å². The highest BCUT2D eigenvalue weighted by Gasteiger charge is 2.41. The Kier molecular flexibility index (Phi) is 6.65. The number of likely N-dealkylation sites (tertiary alicyclic amines) is 1. The van der Waals surface area contributed by atoms with Crippen LogP contribution in [-0.4, -0.2) is 50.9 Å². The highest BCUT2D eigenvalue weighted by molar-refractivity contribution is 7.89. The fraction of sp³-hybridized carbons (Fsp3) is 0.478. The van der Waals surface area contributed by atoms with E-state index in [0.717, 1.165) is 37.9 Å². The molecule has 5 nitrogen and oxygen atoms in total. The topological polar surface area (TPSA) is 58.6 Å². The summed E-state index contributed by atoms with van der Waals surface area (Å²) in [5.41, 5.74) is 2.50. The van der Waals surface area contributed by atoms with E-state index in [4.69, 9.17) is 4.74 Å². The smallest absolute Gasteiger partial charge is 0.213 e. The fourth-order valence-corrected chi connectivity index (χ4v) is 6.19. The molecule has 2 fully saturated rings. The molecule has 4 rings (SSSR count). The zero-order valence-corrected chi connectivity index (χ0v) is 17.6. The molecule has 0 aromatic heterocycles. The second-order valence-corrected chi connectivity index (χ2v) is 10.0. The summed E-state index contributed by atoms with van der Waals surface area (Å²) < 4.78 is 33.2. The van der Waals surface area contributed by atoms with Crippen LogP contribution in [0.2, 0.25) is 0 Å². The van der Waals surface area contributed by atoms with Crippen molar-refractivity contribution in [2.24, 2.45) is 5.92 Å². The van der Waals surface area contributed by atoms with E-state index in [2.05, 4.69) is 40.0 Å². The molecule has 0 saturated carbocycles. The molecule has 29 heavy (non-hydrogen) atoms. The summed E-state index contributed by atoms with van der Waals surface area (Å²) in [6.07, 6.45) is 3.34. The molecule has 0 radical (unpaired) electrons. The Balaban J connectivity index is 1.30. The van der Waals surface area contributed by atoms with Crippen molar-refractivity contribution in [3.63, 3.8) is 0 Å². The first kappa shape index (κ1) is 20.5. The molecular formula is C23H30N2O3S. The van der Waals surface area contributed by atoms with Crippen LogP contribution >= 0.6 is 0 Å². The molecule has 2 aliphatic rings. The van der Waals surface area contributed by atoms with Crippen LogP contribution in [0.15, 0.2) is 60.7 Å². The van der Waals surface area contributed by atoms with Gasteiger partial charge in [-0.2, -0.15) is 0 Å². The Morgan fingerprint density at radius 1 is 0.931 bits per heavy atom. The van der Waals surface area contributed by atoms with Gasteiger partial charge in [-0.05, 0) is 49.4 Å². The Bertz CT molecular complexity index is 866. The van der Waals surface area contributed by atoms with Crippen molar-refractivity contribution in [1.82, 2.24) is 9.62 Å². The van der Waals surface area contributed by atoms with Gasteiger partial charge in [-0.15, -0.1) is 0 Å². The van der Waals surface area contributed by atoms with Crippen LogP contribution in [0.25, 0.3) is 0 Å². The van der Waals surface area contributed by atoms with Crippen LogP contribution in [-0.2, 0) is 27.8 Å². The van der Waals surface area contributed by atoms with Gasteiger partial charge in [0.1, 0.15) is 0 Å². The number of nitrogens with zero attached hydrogens (tertiary/aromatic N) is 1. The molecule has 1 N–H and O–H groups in total. The van der Waals surface area contributed by atoms with Gasteiger partial charge in [-0.25, -0.2) is 13.1 Å². The predicted molar refractivity (Wildman–Crippen MR) is 115 cm³/mol. The van der Waals surface area contributed by atoms with Crippen molar-refractivity contribution >= 4 is 10.0 Å². The Morgan fingerprint density at radius 2 is 1.55 bits per heavy atom. The molecule has 2 aliphatic heterocycles. The molecule has 2 atom stereocenters. The van der Waals surface area contributed by atoms with Crippen LogP contribution in [0, 0.1) is 5.92 Å². The predicted octanol–water partition coefficient (Wildman–Crippen LogP) is 2.83. The van der Waals surface area contributed by atoms with Crippen molar-refractivity contribution in [3.8, 4) is 0 Å². The lowest BCUT2D eigenvalue weighted by Gasteiger charge is -2.37. The van der Waals surface area contributed by atoms with Gasteiger partial charge in [0, 0.05) is 6.04 Å². The molecule has 2 saturated heterocycles. The normalized spacial score (nSPS) is 25.2. The summed E-state index contributed by atoms with van der Waals surface area (Å²) in [6, 6.07) is 20.5. The molecule has 0 amide bonds. The lowest BCUT2D eigenvalue weighted by Crippen LogP contribution is -2.50. The maximum absolute atomic E-state index is 12.2. The maximum Gasteiger partial charge on any atom is 0.213 e. The fourth-order valence-electron chi connectivity index (χ4n) is 4.52. The van der Waals surface area contributed by atoms with Gasteiger partial charge in [0.15, 0.2) is 0 Å². The Hall–Kier alpha value is -1.73. The third-order valence-electron chi connectivity index (χ3n) is 6.08. The number of nitrogens with one attached hydrogen (secondary N) is 1. The van der Waals surface area contributed by atoms with Gasteiger partial charge in [0.25, 0.3) is 0 Å². The quantitative estimate of drug-likeness (QED) is 0.757. The van der Waals surface area contributed by atoms with E-state index in [-0.39, 0.29) is 17.8 Å². The molecule has 2 aromatic carbocycles. The monoisotopic (exact) mass is 414 g/mol. The zero-order valence-electron chi connectivity index (χ0n) is 16.7. The van der Waals surface area contributed by atoms with Crippen molar-refractivity contribution in [3.05, 3.63) is 71.8 Å². The number of sulfonamides is 1. The van der Waals surface area contributed by atoms with Gasteiger partial charge < -0.3 is 4.74 Å². The first-order valence-corrected chi connectivity index (χ1v) is 12.1. The van der Waals surface area contributed by atoms with Crippen molar-refractivity contribution in [2.45, 2.75) is 38.0 Å². The molecule has 6 heteroatoms. The molecule has 2 heterocycles. The molecule has 2 aromatic rings. The lowest BCUT2D eigenvalue weighted by molar-refractivity contribution is 0.0638. The molecular weight excluding hydrogens is 384 g/mol. The molecule has 156 valence electrons. The van der Waals surface area contributed by atoms with Crippen LogP contribution in [0.4, 0.5) is 0 Å². The van der Waals surface area contributed by atoms with E-state index < -0.39 is 10.0 Å². The van der Waals surface area contributed by atoms with Crippen molar-refractivity contribution < 1.29 is 13.2 Å². The Morgan fingerprint density at radius 3 is 2.21 bits per heavy atom. The first-order chi connectivity index (χ1) is 14.1. The van der Waals surface area contributed by atoms with E-state index in [1.54, 1.807) is 0 Å². The maximum atomic E-state index is 12.2. The number of benzene rings is 2. The largest absolute Gasteiger partial charge is 0.375 e. The molecule has 0 unspecified atom stereocenters. The van der Waals surface area contributed by atoms with Crippen LogP contribution in [0.5, 0.6) is 0 Å². The van der Waals surface area contributed by atoms with Crippen LogP contribution in [0.1, 0.15) is 24.0 Å². The second-order valence-electron chi connectivity index (χ2n) is 8.24. The van der Waals surface area contributed by atoms with E-state index in [1.165, 1.54) is 5.56 Å². The average molecular weight is 415 g/mol. The molecule has 0 spiro atoms. The van der Waals surface area contributed by atoms with Gasteiger partial charge in [0.2, 0.25) is 10.0 Å². The van der Waals surface area contributed by atoms with E-state index in [0.29, 0.717) is 19.1 Å². The van der Waals surface area contributed by atoms with Crippen LogP contribution < -0.4 is 4.72 Å².